The molecule has 0 rings (SSSR count). The SMILES string of the molecule is NC(=O)CCCC(=O)NO. The van der Waals surface area contributed by atoms with Gasteiger partial charge in [0.25, 0.3) is 0 Å². The predicted molar refractivity (Wildman–Crippen MR) is 33.0 cm³/mol. The van der Waals surface area contributed by atoms with Crippen LogP contribution in [-0.4, -0.2) is 17.0 Å². The minimum atomic E-state index is -0.499. The Morgan fingerprint density at radius 2 is 2.00 bits per heavy atom. The van der Waals surface area contributed by atoms with E-state index in [1.807, 2.05) is 0 Å². The van der Waals surface area contributed by atoms with Crippen LogP contribution in [0.2, 0.25) is 0 Å². The summed E-state index contributed by atoms with van der Waals surface area (Å²) in [7, 11) is 0. The van der Waals surface area contributed by atoms with Crippen molar-refractivity contribution in [2.24, 2.45) is 5.73 Å². The molecule has 2 amide bonds. The largest absolute Gasteiger partial charge is 0.370 e. The van der Waals surface area contributed by atoms with Gasteiger partial charge in [0.15, 0.2) is 0 Å². The average molecular weight is 146 g/mol. The highest BCUT2D eigenvalue weighted by molar-refractivity contribution is 5.77. The number of hydroxylamine groups is 1. The molecule has 0 aromatic rings. The second-order valence-corrected chi connectivity index (χ2v) is 1.85. The second kappa shape index (κ2) is 4.75. The zero-order chi connectivity index (χ0) is 7.98. The summed E-state index contributed by atoms with van der Waals surface area (Å²) in [6, 6.07) is 0. The molecule has 4 N–H and O–H groups in total. The third kappa shape index (κ3) is 5.04. The Bertz CT molecular complexity index is 135. The van der Waals surface area contributed by atoms with Crippen molar-refractivity contribution in [3.8, 4) is 0 Å². The van der Waals surface area contributed by atoms with Crippen LogP contribution in [0.3, 0.4) is 0 Å². The van der Waals surface area contributed by atoms with Crippen LogP contribution in [0.5, 0.6) is 0 Å². The molecule has 0 radical (unpaired) electrons. The van der Waals surface area contributed by atoms with E-state index < -0.39 is 11.8 Å². The summed E-state index contributed by atoms with van der Waals surface area (Å²) in [6.45, 7) is 0. The Morgan fingerprint density at radius 1 is 1.40 bits per heavy atom. The predicted octanol–water partition coefficient (Wildman–Crippen LogP) is -0.853. The maximum Gasteiger partial charge on any atom is 0.243 e. The minimum Gasteiger partial charge on any atom is -0.370 e. The Hall–Kier alpha value is -1.10. The molecule has 0 unspecified atom stereocenters. The molecular weight excluding hydrogens is 136 g/mol. The number of carbonyl (C=O) groups excluding carboxylic acids is 2. The molecule has 0 aromatic carbocycles. The molecule has 0 fully saturated rings. The van der Waals surface area contributed by atoms with Crippen molar-refractivity contribution >= 4 is 11.8 Å². The van der Waals surface area contributed by atoms with Gasteiger partial charge < -0.3 is 5.73 Å². The van der Waals surface area contributed by atoms with E-state index in [9.17, 15) is 9.59 Å². The standard InChI is InChI=1S/C5H10N2O3/c6-4(8)2-1-3-5(9)7-10/h10H,1-3H2,(H2,6,8)(H,7,9). The maximum absolute atomic E-state index is 10.3. The normalized spacial score (nSPS) is 8.90. The number of hydrogen-bond acceptors (Lipinski definition) is 3. The summed E-state index contributed by atoms with van der Waals surface area (Å²) in [5, 5.41) is 7.98. The fraction of sp³-hybridized carbons (Fsp3) is 0.600. The lowest BCUT2D eigenvalue weighted by Crippen LogP contribution is -2.19. The molecule has 0 atom stereocenters. The Balaban J connectivity index is 3.20. The highest BCUT2D eigenvalue weighted by Crippen LogP contribution is 1.92. The summed E-state index contributed by atoms with van der Waals surface area (Å²) in [5.41, 5.74) is 6.23. The Labute approximate surface area is 58.2 Å². The van der Waals surface area contributed by atoms with E-state index in [1.54, 1.807) is 0 Å². The molecule has 0 saturated carbocycles. The molecule has 0 aliphatic rings. The number of nitrogens with one attached hydrogen (secondary N) is 1. The first kappa shape index (κ1) is 8.90. The van der Waals surface area contributed by atoms with E-state index in [2.05, 4.69) is 0 Å². The molecule has 0 aliphatic carbocycles. The van der Waals surface area contributed by atoms with Crippen molar-refractivity contribution in [3.63, 3.8) is 0 Å². The fourth-order valence-corrected chi connectivity index (χ4v) is 0.479. The van der Waals surface area contributed by atoms with Gasteiger partial charge in [-0.3, -0.25) is 14.8 Å². The number of hydrogen-bond donors (Lipinski definition) is 3. The molecule has 5 heteroatoms. The summed E-state index contributed by atoms with van der Waals surface area (Å²) < 4.78 is 0. The monoisotopic (exact) mass is 146 g/mol. The molecule has 0 aliphatic heterocycles. The second-order valence-electron chi connectivity index (χ2n) is 1.85. The molecule has 0 saturated heterocycles. The summed E-state index contributed by atoms with van der Waals surface area (Å²) in [4.78, 5) is 20.4. The lowest BCUT2D eigenvalue weighted by atomic mass is 10.2. The van der Waals surface area contributed by atoms with Crippen molar-refractivity contribution in [2.75, 3.05) is 0 Å². The maximum atomic E-state index is 10.3. The number of carbonyl (C=O) groups is 2. The first-order valence-electron chi connectivity index (χ1n) is 2.88. The van der Waals surface area contributed by atoms with Crippen LogP contribution in [0, 0.1) is 0 Å². The van der Waals surface area contributed by atoms with Crippen LogP contribution in [0.4, 0.5) is 0 Å². The molecule has 0 spiro atoms. The lowest BCUT2D eigenvalue weighted by molar-refractivity contribution is -0.129. The minimum absolute atomic E-state index is 0.124. The number of primary amides is 1. The van der Waals surface area contributed by atoms with Gasteiger partial charge in [0.05, 0.1) is 0 Å². The summed E-state index contributed by atoms with van der Waals surface area (Å²) in [5.74, 6) is -0.938. The molecule has 10 heavy (non-hydrogen) atoms. The van der Waals surface area contributed by atoms with E-state index in [4.69, 9.17) is 10.9 Å². The van der Waals surface area contributed by atoms with Crippen LogP contribution >= 0.6 is 0 Å². The van der Waals surface area contributed by atoms with Crippen LogP contribution in [0.1, 0.15) is 19.3 Å². The molecule has 0 bridgehead atoms. The first-order chi connectivity index (χ1) is 4.66. The highest BCUT2D eigenvalue weighted by atomic mass is 16.5. The van der Waals surface area contributed by atoms with Crippen LogP contribution in [-0.2, 0) is 9.59 Å². The van der Waals surface area contributed by atoms with Gasteiger partial charge in [0, 0.05) is 12.8 Å². The van der Waals surface area contributed by atoms with Gasteiger partial charge >= 0.3 is 0 Å². The smallest absolute Gasteiger partial charge is 0.243 e. The summed E-state index contributed by atoms with van der Waals surface area (Å²) in [6.07, 6.45) is 0.675. The number of nitrogens with two attached hydrogens (primary N) is 1. The highest BCUT2D eigenvalue weighted by Gasteiger charge is 1.99. The topological polar surface area (TPSA) is 92.4 Å². The van der Waals surface area contributed by atoms with Crippen molar-refractivity contribution < 1.29 is 14.8 Å². The van der Waals surface area contributed by atoms with Gasteiger partial charge in [0.2, 0.25) is 11.8 Å². The van der Waals surface area contributed by atoms with Crippen molar-refractivity contribution in [3.05, 3.63) is 0 Å². The van der Waals surface area contributed by atoms with Crippen LogP contribution in [0.15, 0.2) is 0 Å². The molecule has 5 nitrogen and oxygen atoms in total. The first-order valence-corrected chi connectivity index (χ1v) is 2.88. The zero-order valence-corrected chi connectivity index (χ0v) is 5.46. The Morgan fingerprint density at radius 3 is 2.40 bits per heavy atom. The van der Waals surface area contributed by atoms with Gasteiger partial charge in [-0.1, -0.05) is 0 Å². The lowest BCUT2D eigenvalue weighted by Gasteiger charge is -1.94. The molecule has 58 valence electrons. The van der Waals surface area contributed by atoms with E-state index in [0.29, 0.717) is 6.42 Å². The zero-order valence-electron chi connectivity index (χ0n) is 5.46. The molecule has 0 heterocycles. The molecular formula is C5H10N2O3. The van der Waals surface area contributed by atoms with Crippen LogP contribution in [0.25, 0.3) is 0 Å². The van der Waals surface area contributed by atoms with Crippen molar-refractivity contribution in [1.29, 1.82) is 0 Å². The number of rotatable bonds is 4. The quantitative estimate of drug-likeness (QED) is 0.356. The fourth-order valence-electron chi connectivity index (χ4n) is 0.479. The van der Waals surface area contributed by atoms with Gasteiger partial charge in [-0.25, -0.2) is 5.48 Å². The Kier molecular flexibility index (Phi) is 4.23. The van der Waals surface area contributed by atoms with Gasteiger partial charge in [-0.15, -0.1) is 0 Å². The van der Waals surface area contributed by atoms with E-state index >= 15 is 0 Å². The summed E-state index contributed by atoms with van der Waals surface area (Å²) >= 11 is 0. The van der Waals surface area contributed by atoms with Gasteiger partial charge in [-0.05, 0) is 6.42 Å². The van der Waals surface area contributed by atoms with Crippen molar-refractivity contribution in [1.82, 2.24) is 5.48 Å². The third-order valence-corrected chi connectivity index (χ3v) is 0.952. The third-order valence-electron chi connectivity index (χ3n) is 0.952. The van der Waals surface area contributed by atoms with Crippen LogP contribution < -0.4 is 11.2 Å². The molecule has 0 aromatic heterocycles. The average Bonchev–Trinajstić information content (AvgIpc) is 1.87. The van der Waals surface area contributed by atoms with Gasteiger partial charge in [-0.2, -0.15) is 0 Å². The van der Waals surface area contributed by atoms with E-state index in [1.165, 1.54) is 5.48 Å². The van der Waals surface area contributed by atoms with E-state index in [-0.39, 0.29) is 12.8 Å². The number of amides is 2. The van der Waals surface area contributed by atoms with Crippen molar-refractivity contribution in [2.45, 2.75) is 19.3 Å². The van der Waals surface area contributed by atoms with E-state index in [0.717, 1.165) is 0 Å². The van der Waals surface area contributed by atoms with Gasteiger partial charge in [0.1, 0.15) is 0 Å².